The molecule has 0 radical (unpaired) electrons. The lowest BCUT2D eigenvalue weighted by Crippen LogP contribution is -2.10. The zero-order valence-electron chi connectivity index (χ0n) is 9.41. The van der Waals surface area contributed by atoms with Crippen LogP contribution >= 0.6 is 27.5 Å². The summed E-state index contributed by atoms with van der Waals surface area (Å²) in [5.41, 5.74) is 7.08. The Hall–Kier alpha value is -0.770. The summed E-state index contributed by atoms with van der Waals surface area (Å²) in [6, 6.07) is 9.27. The minimum atomic E-state index is -0.277. The summed E-state index contributed by atoms with van der Waals surface area (Å²) in [5.74, 6) is 1.71. The normalized spacial score (nSPS) is 12.7. The number of aryl methyl sites for hydroxylation is 1. The lowest BCUT2D eigenvalue weighted by Gasteiger charge is -2.10. The molecule has 0 aliphatic carbocycles. The zero-order valence-corrected chi connectivity index (χ0v) is 11.8. The molecule has 2 nitrogen and oxygen atoms in total. The molecule has 0 spiro atoms. The van der Waals surface area contributed by atoms with Gasteiger partial charge in [0.15, 0.2) is 0 Å². The van der Waals surface area contributed by atoms with Gasteiger partial charge >= 0.3 is 0 Å². The van der Waals surface area contributed by atoms with Crippen molar-refractivity contribution >= 4 is 27.5 Å². The maximum atomic E-state index is 6.14. The Labute approximate surface area is 114 Å². The van der Waals surface area contributed by atoms with Crippen molar-refractivity contribution in [3.05, 3.63) is 56.9 Å². The quantitative estimate of drug-likeness (QED) is 0.917. The van der Waals surface area contributed by atoms with E-state index >= 15 is 0 Å². The third-order valence-electron chi connectivity index (χ3n) is 2.64. The van der Waals surface area contributed by atoms with Crippen LogP contribution in [0.3, 0.4) is 0 Å². The van der Waals surface area contributed by atoms with Gasteiger partial charge in [0.2, 0.25) is 0 Å². The number of hydrogen-bond acceptors (Lipinski definition) is 2. The summed E-state index contributed by atoms with van der Waals surface area (Å²) in [6.45, 7) is 2.05. The van der Waals surface area contributed by atoms with Crippen LogP contribution in [0.2, 0.25) is 5.02 Å². The largest absolute Gasteiger partial charge is 0.464 e. The highest BCUT2D eigenvalue weighted by molar-refractivity contribution is 9.10. The molecule has 4 heteroatoms. The molecule has 2 N–H and O–H groups in total. The van der Waals surface area contributed by atoms with Crippen molar-refractivity contribution in [3.8, 4) is 0 Å². The Balaban J connectivity index is 2.29. The number of benzene rings is 1. The molecular weight excluding hydrogens is 302 g/mol. The van der Waals surface area contributed by atoms with Crippen LogP contribution in [0.1, 0.15) is 30.0 Å². The monoisotopic (exact) mass is 313 g/mol. The minimum absolute atomic E-state index is 0.277. The van der Waals surface area contributed by atoms with E-state index in [0.717, 1.165) is 28.0 Å². The van der Waals surface area contributed by atoms with Gasteiger partial charge in [0.25, 0.3) is 0 Å². The predicted octanol–water partition coefficient (Wildman–Crippen LogP) is 4.31. The lowest BCUT2D eigenvalue weighted by molar-refractivity contribution is 0.454. The molecule has 1 atom stereocenters. The van der Waals surface area contributed by atoms with Gasteiger partial charge in [0.05, 0.1) is 11.1 Å². The molecule has 1 aromatic carbocycles. The number of hydrogen-bond donors (Lipinski definition) is 1. The Morgan fingerprint density at radius 2 is 2.12 bits per heavy atom. The fourth-order valence-corrected chi connectivity index (χ4v) is 2.06. The summed E-state index contributed by atoms with van der Waals surface area (Å²) in [4.78, 5) is 0. The zero-order chi connectivity index (χ0) is 12.4. The van der Waals surface area contributed by atoms with Crippen LogP contribution in [0.5, 0.6) is 0 Å². The van der Waals surface area contributed by atoms with Crippen LogP contribution in [0.15, 0.2) is 39.2 Å². The maximum Gasteiger partial charge on any atom is 0.125 e. The van der Waals surface area contributed by atoms with Gasteiger partial charge in [-0.05, 0) is 45.8 Å². The highest BCUT2D eigenvalue weighted by atomic mass is 79.9. The van der Waals surface area contributed by atoms with Crippen molar-refractivity contribution < 1.29 is 4.42 Å². The van der Waals surface area contributed by atoms with Crippen molar-refractivity contribution in [1.82, 2.24) is 0 Å². The molecular formula is C13H13BrClNO. The topological polar surface area (TPSA) is 39.2 Å². The van der Waals surface area contributed by atoms with Crippen molar-refractivity contribution in [3.63, 3.8) is 0 Å². The molecule has 0 amide bonds. The number of furan rings is 1. The van der Waals surface area contributed by atoms with Gasteiger partial charge in [-0.2, -0.15) is 0 Å². The Morgan fingerprint density at radius 1 is 1.35 bits per heavy atom. The van der Waals surface area contributed by atoms with Crippen molar-refractivity contribution in [1.29, 1.82) is 0 Å². The molecule has 0 aliphatic rings. The smallest absolute Gasteiger partial charge is 0.125 e. The van der Waals surface area contributed by atoms with Gasteiger partial charge in [-0.15, -0.1) is 0 Å². The van der Waals surface area contributed by atoms with E-state index in [1.54, 1.807) is 0 Å². The third kappa shape index (κ3) is 2.73. The summed E-state index contributed by atoms with van der Waals surface area (Å²) in [5, 5.41) is 0.653. The van der Waals surface area contributed by atoms with Crippen molar-refractivity contribution in [2.45, 2.75) is 19.4 Å². The molecule has 0 saturated carbocycles. The van der Waals surface area contributed by atoms with E-state index in [2.05, 4.69) is 15.9 Å². The fraction of sp³-hybridized carbons (Fsp3) is 0.231. The number of halogens is 2. The van der Waals surface area contributed by atoms with E-state index in [4.69, 9.17) is 21.8 Å². The molecule has 0 aliphatic heterocycles. The highest BCUT2D eigenvalue weighted by Gasteiger charge is 2.14. The first kappa shape index (κ1) is 12.7. The number of nitrogens with two attached hydrogens (primary N) is 1. The molecule has 90 valence electrons. The summed E-state index contributed by atoms with van der Waals surface area (Å²) in [6.07, 6.45) is 0.869. The molecule has 1 heterocycles. The van der Waals surface area contributed by atoms with Gasteiger partial charge < -0.3 is 10.2 Å². The highest BCUT2D eigenvalue weighted by Crippen LogP contribution is 2.28. The molecule has 17 heavy (non-hydrogen) atoms. The van der Waals surface area contributed by atoms with Gasteiger partial charge in [0, 0.05) is 10.9 Å². The molecule has 2 aromatic rings. The van der Waals surface area contributed by atoms with Crippen LogP contribution in [0.25, 0.3) is 0 Å². The SMILES string of the molecule is CCc1ccc(C(N)c2ccc(Br)c(Cl)c2)o1. The second kappa shape index (κ2) is 5.25. The molecule has 2 rings (SSSR count). The average molecular weight is 315 g/mol. The molecule has 0 saturated heterocycles. The van der Waals surface area contributed by atoms with E-state index < -0.39 is 0 Å². The van der Waals surface area contributed by atoms with Crippen LogP contribution in [-0.4, -0.2) is 0 Å². The summed E-state index contributed by atoms with van der Waals surface area (Å²) < 4.78 is 6.50. The second-order valence-corrected chi connectivity index (χ2v) is 5.07. The molecule has 0 bridgehead atoms. The van der Waals surface area contributed by atoms with Gasteiger partial charge in [0.1, 0.15) is 11.5 Å². The predicted molar refractivity (Wildman–Crippen MR) is 73.3 cm³/mol. The second-order valence-electron chi connectivity index (χ2n) is 3.81. The maximum absolute atomic E-state index is 6.14. The first-order valence-corrected chi connectivity index (χ1v) is 6.58. The Bertz CT molecular complexity index is 524. The molecule has 1 unspecified atom stereocenters. The first-order chi connectivity index (χ1) is 8.11. The van der Waals surface area contributed by atoms with E-state index in [1.165, 1.54) is 0 Å². The Kier molecular flexibility index (Phi) is 3.92. The van der Waals surface area contributed by atoms with Crippen LogP contribution in [0, 0.1) is 0 Å². The molecule has 1 aromatic heterocycles. The van der Waals surface area contributed by atoms with Gasteiger partial charge in [-0.1, -0.05) is 24.6 Å². The number of rotatable bonds is 3. The van der Waals surface area contributed by atoms with Crippen molar-refractivity contribution in [2.75, 3.05) is 0 Å². The minimum Gasteiger partial charge on any atom is -0.464 e. The standard InChI is InChI=1S/C13H13BrClNO/c1-2-9-4-6-12(17-9)13(16)8-3-5-10(14)11(15)7-8/h3-7,13H,2,16H2,1H3. The Morgan fingerprint density at radius 3 is 2.71 bits per heavy atom. The van der Waals surface area contributed by atoms with Crippen LogP contribution < -0.4 is 5.73 Å². The van der Waals surface area contributed by atoms with Crippen LogP contribution in [-0.2, 0) is 6.42 Å². The average Bonchev–Trinajstić information content (AvgIpc) is 2.80. The summed E-state index contributed by atoms with van der Waals surface area (Å²) >= 11 is 9.40. The van der Waals surface area contributed by atoms with E-state index in [-0.39, 0.29) is 6.04 Å². The third-order valence-corrected chi connectivity index (χ3v) is 3.87. The first-order valence-electron chi connectivity index (χ1n) is 5.41. The lowest BCUT2D eigenvalue weighted by atomic mass is 10.1. The van der Waals surface area contributed by atoms with E-state index in [0.29, 0.717) is 5.02 Å². The van der Waals surface area contributed by atoms with Gasteiger partial charge in [-0.3, -0.25) is 0 Å². The van der Waals surface area contributed by atoms with Crippen LogP contribution in [0.4, 0.5) is 0 Å². The van der Waals surface area contributed by atoms with E-state index in [9.17, 15) is 0 Å². The van der Waals surface area contributed by atoms with Crippen molar-refractivity contribution in [2.24, 2.45) is 5.73 Å². The van der Waals surface area contributed by atoms with Gasteiger partial charge in [-0.25, -0.2) is 0 Å². The summed E-state index contributed by atoms with van der Waals surface area (Å²) in [7, 11) is 0. The van der Waals surface area contributed by atoms with E-state index in [1.807, 2.05) is 37.3 Å². The molecule has 0 fully saturated rings. The fourth-order valence-electron chi connectivity index (χ4n) is 1.62.